The number of halogens is 1. The van der Waals surface area contributed by atoms with Gasteiger partial charge in [0.05, 0.1) is 0 Å². The van der Waals surface area contributed by atoms with Gasteiger partial charge in [-0.1, -0.05) is 164 Å². The molecule has 0 bridgehead atoms. The molecule has 0 spiro atoms. The van der Waals surface area contributed by atoms with E-state index in [1.165, 1.54) is 25.7 Å². The van der Waals surface area contributed by atoms with Gasteiger partial charge in [-0.15, -0.1) is 6.58 Å². The highest BCUT2D eigenvalue weighted by Gasteiger charge is 2.25. The van der Waals surface area contributed by atoms with E-state index in [1.54, 1.807) is 0 Å². The Morgan fingerprint density at radius 2 is 0.829 bits per heavy atom. The van der Waals surface area contributed by atoms with Crippen molar-refractivity contribution in [1.82, 2.24) is 0 Å². The zero-order valence-corrected chi connectivity index (χ0v) is 26.4. The lowest BCUT2D eigenvalue weighted by Gasteiger charge is -2.32. The van der Waals surface area contributed by atoms with Crippen molar-refractivity contribution in [2.75, 3.05) is 5.33 Å². The number of hydrogen-bond acceptors (Lipinski definition) is 0. The molecule has 0 saturated heterocycles. The highest BCUT2D eigenvalue weighted by atomic mass is 79.9. The first-order valence-electron chi connectivity index (χ1n) is 13.2. The van der Waals surface area contributed by atoms with Crippen LogP contribution in [-0.4, -0.2) is 5.33 Å². The molecular formula is C34H57Br. The summed E-state index contributed by atoms with van der Waals surface area (Å²) < 4.78 is 0. The third kappa shape index (κ3) is 30.6. The van der Waals surface area contributed by atoms with E-state index < -0.39 is 0 Å². The number of alkyl halides is 1. The second-order valence-electron chi connectivity index (χ2n) is 13.4. The molecule has 0 fully saturated rings. The second-order valence-corrected chi connectivity index (χ2v) is 14.2. The highest BCUT2D eigenvalue weighted by molar-refractivity contribution is 9.09. The van der Waals surface area contributed by atoms with Crippen LogP contribution in [0.5, 0.6) is 0 Å². The Bertz CT molecular complexity index is 615. The van der Waals surface area contributed by atoms with Crippen LogP contribution >= 0.6 is 15.9 Å². The van der Waals surface area contributed by atoms with Crippen molar-refractivity contribution in [2.45, 2.75) is 101 Å². The van der Waals surface area contributed by atoms with Crippen molar-refractivity contribution < 1.29 is 0 Å². The first-order valence-corrected chi connectivity index (χ1v) is 14.3. The van der Waals surface area contributed by atoms with Gasteiger partial charge in [0, 0.05) is 5.33 Å². The second kappa shape index (κ2) is 18.9. The van der Waals surface area contributed by atoms with Gasteiger partial charge in [0.15, 0.2) is 0 Å². The smallest absolute Gasteiger partial charge is 0.00315 e. The summed E-state index contributed by atoms with van der Waals surface area (Å²) in [5, 5.41) is 1.14. The van der Waals surface area contributed by atoms with Gasteiger partial charge in [-0.3, -0.25) is 0 Å². The summed E-state index contributed by atoms with van der Waals surface area (Å²) >= 11 is 3.48. The minimum absolute atomic E-state index is 0.417. The Hall–Kier alpha value is -1.34. The monoisotopic (exact) mass is 544 g/mol. The zero-order valence-electron chi connectivity index (χ0n) is 24.8. The van der Waals surface area contributed by atoms with Crippen LogP contribution in [0.4, 0.5) is 0 Å². The number of rotatable bonds is 7. The molecule has 1 heteroatoms. The summed E-state index contributed by atoms with van der Waals surface area (Å²) in [7, 11) is 0. The average molecular weight is 546 g/mol. The van der Waals surface area contributed by atoms with E-state index in [9.17, 15) is 0 Å². The van der Waals surface area contributed by atoms with Crippen LogP contribution in [0, 0.1) is 21.7 Å². The van der Waals surface area contributed by atoms with E-state index in [1.807, 2.05) is 78.9 Å². The lowest BCUT2D eigenvalue weighted by molar-refractivity contribution is 0.198. The summed E-state index contributed by atoms with van der Waals surface area (Å²) in [5.74, 6) is 0. The molecule has 2 aromatic rings. The van der Waals surface area contributed by atoms with E-state index in [4.69, 9.17) is 0 Å². The molecule has 2 aromatic carbocycles. The largest absolute Gasteiger partial charge is 0.103 e. The molecule has 0 aliphatic carbocycles. The minimum Gasteiger partial charge on any atom is -0.103 e. The normalized spacial score (nSPS) is 11.5. The Morgan fingerprint density at radius 1 is 0.543 bits per heavy atom. The molecule has 2 rings (SSSR count). The average Bonchev–Trinajstić information content (AvgIpc) is 2.73. The van der Waals surface area contributed by atoms with E-state index >= 15 is 0 Å². The summed E-state index contributed by atoms with van der Waals surface area (Å²) in [6.45, 7) is 27.0. The Labute approximate surface area is 229 Å². The van der Waals surface area contributed by atoms with Crippen LogP contribution in [-0.2, 0) is 0 Å². The molecule has 0 heterocycles. The van der Waals surface area contributed by atoms with E-state index in [-0.39, 0.29) is 0 Å². The van der Waals surface area contributed by atoms with Crippen molar-refractivity contribution in [1.29, 1.82) is 0 Å². The third-order valence-corrected chi connectivity index (χ3v) is 5.60. The minimum atomic E-state index is 0.417. The number of hydrogen-bond donors (Lipinski definition) is 0. The third-order valence-electron chi connectivity index (χ3n) is 5.04. The zero-order chi connectivity index (χ0) is 27.4. The topological polar surface area (TPSA) is 0 Å². The summed E-state index contributed by atoms with van der Waals surface area (Å²) in [6, 6.07) is 24.0. The number of allylic oxidation sites excluding steroid dienone is 1. The molecule has 0 aliphatic heterocycles. The molecule has 0 N–H and O–H groups in total. The fourth-order valence-electron chi connectivity index (χ4n) is 4.74. The summed E-state index contributed by atoms with van der Waals surface area (Å²) in [4.78, 5) is 0. The quantitative estimate of drug-likeness (QED) is 0.240. The molecule has 0 saturated carbocycles. The SMILES string of the molecule is C=CCC(C)(C)CC(C)(C)C.CC(C)(C)CC(C)(C)CCCBr.c1ccccc1.c1ccccc1. The van der Waals surface area contributed by atoms with Crippen LogP contribution in [0.1, 0.15) is 101 Å². The van der Waals surface area contributed by atoms with Crippen LogP contribution in [0.25, 0.3) is 0 Å². The lowest BCUT2D eigenvalue weighted by atomic mass is 9.74. The Morgan fingerprint density at radius 3 is 1.06 bits per heavy atom. The fourth-order valence-corrected chi connectivity index (χ4v) is 5.02. The molecule has 0 atom stereocenters. The molecule has 0 aliphatic rings. The molecule has 0 aromatic heterocycles. The van der Waals surface area contributed by atoms with Crippen LogP contribution in [0.2, 0.25) is 0 Å². The van der Waals surface area contributed by atoms with Gasteiger partial charge < -0.3 is 0 Å². The maximum absolute atomic E-state index is 3.78. The standard InChI is InChI=1S/C11H23Br.C11H22.2C6H6/c1-10(2,3)9-11(4,5)7-6-8-12;1-7-8-11(5,6)9-10(2,3)4;2*1-2-4-6-5-3-1/h6-9H2,1-5H3;7H,1,8-9H2,2-6H3;2*1-6H. The van der Waals surface area contributed by atoms with Crippen molar-refractivity contribution in [2.24, 2.45) is 21.7 Å². The maximum Gasteiger partial charge on any atom is 0.00315 e. The first-order chi connectivity index (χ1) is 16.0. The predicted octanol–water partition coefficient (Wildman–Crippen LogP) is 12.0. The maximum atomic E-state index is 3.78. The van der Waals surface area contributed by atoms with Crippen LogP contribution in [0.3, 0.4) is 0 Å². The number of benzene rings is 2. The Balaban J connectivity index is 0. The molecular weight excluding hydrogens is 488 g/mol. The van der Waals surface area contributed by atoms with Crippen LogP contribution < -0.4 is 0 Å². The molecule has 0 radical (unpaired) electrons. The molecule has 200 valence electrons. The predicted molar refractivity (Wildman–Crippen MR) is 166 cm³/mol. The molecule has 0 nitrogen and oxygen atoms in total. The van der Waals surface area contributed by atoms with Crippen molar-refractivity contribution in [3.8, 4) is 0 Å². The van der Waals surface area contributed by atoms with Gasteiger partial charge in [-0.05, 0) is 53.8 Å². The molecule has 35 heavy (non-hydrogen) atoms. The Kier molecular flexibility index (Phi) is 19.3. The van der Waals surface area contributed by atoms with Gasteiger partial charge in [0.2, 0.25) is 0 Å². The lowest BCUT2D eigenvalue weighted by Crippen LogP contribution is -2.20. The van der Waals surface area contributed by atoms with Gasteiger partial charge >= 0.3 is 0 Å². The van der Waals surface area contributed by atoms with E-state index in [0.29, 0.717) is 21.7 Å². The van der Waals surface area contributed by atoms with Crippen molar-refractivity contribution in [3.05, 3.63) is 85.5 Å². The van der Waals surface area contributed by atoms with Crippen LogP contribution in [0.15, 0.2) is 85.5 Å². The van der Waals surface area contributed by atoms with E-state index in [2.05, 4.69) is 91.7 Å². The van der Waals surface area contributed by atoms with Crippen molar-refractivity contribution >= 4 is 15.9 Å². The molecule has 0 unspecified atom stereocenters. The highest BCUT2D eigenvalue weighted by Crippen LogP contribution is 2.37. The summed E-state index contributed by atoms with van der Waals surface area (Å²) in [6.07, 6.45) is 8.33. The van der Waals surface area contributed by atoms with Gasteiger partial charge in [-0.2, -0.15) is 0 Å². The van der Waals surface area contributed by atoms with Gasteiger partial charge in [0.1, 0.15) is 0 Å². The van der Waals surface area contributed by atoms with Gasteiger partial charge in [-0.25, -0.2) is 0 Å². The molecule has 0 amide bonds. The van der Waals surface area contributed by atoms with Gasteiger partial charge in [0.25, 0.3) is 0 Å². The van der Waals surface area contributed by atoms with E-state index in [0.717, 1.165) is 11.8 Å². The summed E-state index contributed by atoms with van der Waals surface area (Å²) in [5.41, 5.74) is 1.83. The van der Waals surface area contributed by atoms with Crippen molar-refractivity contribution in [3.63, 3.8) is 0 Å². The fraction of sp³-hybridized carbons (Fsp3) is 0.588. The first kappa shape index (κ1) is 35.8.